The summed E-state index contributed by atoms with van der Waals surface area (Å²) in [7, 11) is 2.09. The number of halogens is 1. The van der Waals surface area contributed by atoms with Gasteiger partial charge in [-0.2, -0.15) is 0 Å². The number of anilines is 1. The van der Waals surface area contributed by atoms with Crippen molar-refractivity contribution < 1.29 is 9.18 Å². The summed E-state index contributed by atoms with van der Waals surface area (Å²) in [5.41, 5.74) is 9.59. The molecule has 1 aliphatic carbocycles. The lowest BCUT2D eigenvalue weighted by molar-refractivity contribution is 0.0966. The van der Waals surface area contributed by atoms with Crippen LogP contribution in [0.1, 0.15) is 47.3 Å². The normalized spacial score (nSPS) is 24.2. The van der Waals surface area contributed by atoms with Gasteiger partial charge in [0.15, 0.2) is 11.6 Å². The van der Waals surface area contributed by atoms with E-state index < -0.39 is 5.82 Å². The highest BCUT2D eigenvalue weighted by Crippen LogP contribution is 2.35. The largest absolute Gasteiger partial charge is 0.363 e. The van der Waals surface area contributed by atoms with Crippen LogP contribution in [0.3, 0.4) is 0 Å². The first-order valence-corrected chi connectivity index (χ1v) is 10.4. The first-order valence-electron chi connectivity index (χ1n) is 10.4. The molecule has 2 aliphatic heterocycles. The molecule has 0 aromatic carbocycles. The Kier molecular flexibility index (Phi) is 4.55. The first-order chi connectivity index (χ1) is 14.0. The molecule has 0 unspecified atom stereocenters. The lowest BCUT2D eigenvalue weighted by Crippen LogP contribution is -2.43. The van der Waals surface area contributed by atoms with Crippen molar-refractivity contribution in [3.8, 4) is 11.3 Å². The van der Waals surface area contributed by atoms with E-state index in [9.17, 15) is 4.79 Å². The van der Waals surface area contributed by atoms with E-state index in [0.29, 0.717) is 16.8 Å². The molecule has 29 heavy (non-hydrogen) atoms. The van der Waals surface area contributed by atoms with Crippen LogP contribution in [0.5, 0.6) is 0 Å². The van der Waals surface area contributed by atoms with Gasteiger partial charge in [-0.1, -0.05) is 12.8 Å². The van der Waals surface area contributed by atoms with Crippen molar-refractivity contribution in [1.82, 2.24) is 19.8 Å². The van der Waals surface area contributed by atoms with Crippen molar-refractivity contribution in [1.29, 1.82) is 0 Å². The van der Waals surface area contributed by atoms with E-state index in [2.05, 4.69) is 38.2 Å². The number of amides is 1. The van der Waals surface area contributed by atoms with Crippen LogP contribution in [0.15, 0.2) is 12.3 Å². The molecule has 2 atom stereocenters. The van der Waals surface area contributed by atoms with Crippen LogP contribution in [-0.2, 0) is 19.6 Å². The summed E-state index contributed by atoms with van der Waals surface area (Å²) in [6.07, 6.45) is 6.04. The zero-order chi connectivity index (χ0) is 20.1. The van der Waals surface area contributed by atoms with Crippen LogP contribution >= 0.6 is 0 Å². The summed E-state index contributed by atoms with van der Waals surface area (Å²) in [5.74, 6) is -0.494. The Morgan fingerprint density at radius 1 is 1.31 bits per heavy atom. The maximum atomic E-state index is 15.2. The van der Waals surface area contributed by atoms with Crippen molar-refractivity contribution >= 4 is 11.7 Å². The highest BCUT2D eigenvalue weighted by molar-refractivity contribution is 6.04. The van der Waals surface area contributed by atoms with E-state index in [1.165, 1.54) is 5.69 Å². The zero-order valence-corrected chi connectivity index (χ0v) is 16.7. The molecule has 4 N–H and O–H groups in total. The smallest absolute Gasteiger partial charge is 0.254 e. The Labute approximate surface area is 169 Å². The third-order valence-electron chi connectivity index (χ3n) is 6.44. The standard InChI is InChI=1S/C21H27FN6O/c1-27-6-7-28-10-12(8-13(28)11-27)19-17-14(9-24-21(17)29)18(22)20(26-19)25-16-5-3-2-4-15(16)23/h8,10,15-16H,2-7,9,11,23H2,1H3,(H,24,29)(H,25,26)/t15-,16+/m0/s1. The molecule has 1 fully saturated rings. The summed E-state index contributed by atoms with van der Waals surface area (Å²) < 4.78 is 17.4. The van der Waals surface area contributed by atoms with E-state index in [1.807, 2.05) is 6.20 Å². The number of carbonyl (C=O) groups is 1. The molecular weight excluding hydrogens is 371 g/mol. The lowest BCUT2D eigenvalue weighted by atomic mass is 9.91. The molecular formula is C21H27FN6O. The van der Waals surface area contributed by atoms with E-state index in [-0.39, 0.29) is 30.4 Å². The number of hydrogen-bond donors (Lipinski definition) is 3. The molecule has 7 nitrogen and oxygen atoms in total. The van der Waals surface area contributed by atoms with Gasteiger partial charge in [-0.3, -0.25) is 9.69 Å². The molecule has 1 amide bonds. The van der Waals surface area contributed by atoms with Gasteiger partial charge in [0.1, 0.15) is 0 Å². The number of carbonyl (C=O) groups excluding carboxylic acids is 1. The molecule has 1 saturated carbocycles. The Morgan fingerprint density at radius 2 is 2.14 bits per heavy atom. The second-order valence-electron chi connectivity index (χ2n) is 8.51. The van der Waals surface area contributed by atoms with Crippen molar-refractivity contribution in [2.45, 2.75) is 57.4 Å². The molecule has 2 aromatic rings. The van der Waals surface area contributed by atoms with Crippen LogP contribution in [0, 0.1) is 5.82 Å². The molecule has 5 rings (SSSR count). The molecule has 4 heterocycles. The highest BCUT2D eigenvalue weighted by atomic mass is 19.1. The molecule has 0 saturated heterocycles. The first kappa shape index (κ1) is 18.6. The average molecular weight is 398 g/mol. The van der Waals surface area contributed by atoms with Gasteiger partial charge in [-0.25, -0.2) is 9.37 Å². The van der Waals surface area contributed by atoms with Gasteiger partial charge < -0.3 is 20.9 Å². The second-order valence-corrected chi connectivity index (χ2v) is 8.51. The summed E-state index contributed by atoms with van der Waals surface area (Å²) in [4.78, 5) is 19.4. The van der Waals surface area contributed by atoms with Gasteiger partial charge in [0.2, 0.25) is 0 Å². The van der Waals surface area contributed by atoms with Gasteiger partial charge in [0.05, 0.1) is 11.3 Å². The second kappa shape index (κ2) is 7.11. The summed E-state index contributed by atoms with van der Waals surface area (Å²) in [6, 6.07) is 2.05. The van der Waals surface area contributed by atoms with E-state index in [4.69, 9.17) is 5.73 Å². The Morgan fingerprint density at radius 3 is 2.97 bits per heavy atom. The number of hydrogen-bond acceptors (Lipinski definition) is 5. The monoisotopic (exact) mass is 398 g/mol. The van der Waals surface area contributed by atoms with Gasteiger partial charge >= 0.3 is 0 Å². The Balaban J connectivity index is 1.58. The molecule has 8 heteroatoms. The molecule has 3 aliphatic rings. The maximum absolute atomic E-state index is 15.2. The maximum Gasteiger partial charge on any atom is 0.254 e. The fraction of sp³-hybridized carbons (Fsp3) is 0.524. The zero-order valence-electron chi connectivity index (χ0n) is 16.7. The van der Waals surface area contributed by atoms with E-state index in [1.54, 1.807) is 0 Å². The highest BCUT2D eigenvalue weighted by Gasteiger charge is 2.32. The number of fused-ring (bicyclic) bond motifs is 2. The molecule has 154 valence electrons. The fourth-order valence-corrected chi connectivity index (χ4v) is 4.76. The van der Waals surface area contributed by atoms with Crippen LogP contribution in [0.25, 0.3) is 11.3 Å². The quantitative estimate of drug-likeness (QED) is 0.737. The number of nitrogens with zero attached hydrogens (tertiary/aromatic N) is 3. The van der Waals surface area contributed by atoms with Crippen LogP contribution in [-0.4, -0.2) is 46.0 Å². The number of nitrogens with two attached hydrogens (primary N) is 1. The van der Waals surface area contributed by atoms with Crippen molar-refractivity contribution in [2.75, 3.05) is 18.9 Å². The number of aromatic nitrogens is 2. The lowest BCUT2D eigenvalue weighted by Gasteiger charge is -2.30. The third-order valence-corrected chi connectivity index (χ3v) is 6.44. The predicted molar refractivity (Wildman–Crippen MR) is 109 cm³/mol. The van der Waals surface area contributed by atoms with Gasteiger partial charge in [0.25, 0.3) is 5.91 Å². The van der Waals surface area contributed by atoms with Crippen molar-refractivity contribution in [2.24, 2.45) is 5.73 Å². The summed E-state index contributed by atoms with van der Waals surface area (Å²) >= 11 is 0. The molecule has 0 bridgehead atoms. The van der Waals surface area contributed by atoms with E-state index in [0.717, 1.165) is 50.9 Å². The van der Waals surface area contributed by atoms with Crippen molar-refractivity contribution in [3.63, 3.8) is 0 Å². The molecule has 0 spiro atoms. The minimum atomic E-state index is -0.441. The molecule has 2 aromatic heterocycles. The SMILES string of the molecule is CN1CCn2cc(-c3nc(N[C@@H]4CCCC[C@@H]4N)c(F)c4c3C(=O)NC4)cc2C1. The number of pyridine rings is 1. The van der Waals surface area contributed by atoms with Gasteiger partial charge in [-0.05, 0) is 26.0 Å². The minimum absolute atomic E-state index is 0.00222. The Hall–Kier alpha value is -2.45. The average Bonchev–Trinajstić information content (AvgIpc) is 3.29. The number of nitrogens with one attached hydrogen (secondary N) is 2. The van der Waals surface area contributed by atoms with Gasteiger partial charge in [-0.15, -0.1) is 0 Å². The predicted octanol–water partition coefficient (Wildman–Crippen LogP) is 2.06. The van der Waals surface area contributed by atoms with Gasteiger partial charge in [0, 0.05) is 61.3 Å². The topological polar surface area (TPSA) is 88.2 Å². The summed E-state index contributed by atoms with van der Waals surface area (Å²) in [5, 5.41) is 6.02. The fourth-order valence-electron chi connectivity index (χ4n) is 4.76. The van der Waals surface area contributed by atoms with Crippen LogP contribution in [0.2, 0.25) is 0 Å². The summed E-state index contributed by atoms with van der Waals surface area (Å²) in [6.45, 7) is 2.90. The van der Waals surface area contributed by atoms with E-state index >= 15 is 4.39 Å². The third kappa shape index (κ3) is 3.20. The van der Waals surface area contributed by atoms with Crippen molar-refractivity contribution in [3.05, 3.63) is 34.9 Å². The molecule has 0 radical (unpaired) electrons. The number of rotatable bonds is 3. The minimum Gasteiger partial charge on any atom is -0.363 e. The Bertz CT molecular complexity index is 971. The number of likely N-dealkylation sites (N-methyl/N-ethyl adjacent to an activating group) is 1. The van der Waals surface area contributed by atoms with Crippen LogP contribution in [0.4, 0.5) is 10.2 Å². The van der Waals surface area contributed by atoms with Crippen LogP contribution < -0.4 is 16.4 Å².